The van der Waals surface area contributed by atoms with E-state index in [0.29, 0.717) is 12.8 Å². The molecule has 1 saturated carbocycles. The highest BCUT2D eigenvalue weighted by molar-refractivity contribution is 7.90. The largest absolute Gasteiger partial charge is 0.378 e. The quantitative estimate of drug-likeness (QED) is 0.345. The summed E-state index contributed by atoms with van der Waals surface area (Å²) in [5.41, 5.74) is 5.17. The number of nitrogens with one attached hydrogen (secondary N) is 2. The number of carbonyl (C=O) groups excluding carboxylic acids is 1. The van der Waals surface area contributed by atoms with Gasteiger partial charge in [-0.1, -0.05) is 19.3 Å². The van der Waals surface area contributed by atoms with Gasteiger partial charge < -0.3 is 16.4 Å². The molecular formula is C16H25ClN4O5S. The monoisotopic (exact) mass is 420 g/mol. The number of nitro groups is 1. The van der Waals surface area contributed by atoms with Crippen LogP contribution in [0.5, 0.6) is 0 Å². The lowest BCUT2D eigenvalue weighted by Gasteiger charge is -2.31. The number of nitro benzene ring substituents is 1. The summed E-state index contributed by atoms with van der Waals surface area (Å²) in [6.07, 6.45) is 5.25. The summed E-state index contributed by atoms with van der Waals surface area (Å²) in [6, 6.07) is 3.68. The fraction of sp³-hybridized carbons (Fsp3) is 0.562. The molecule has 0 heterocycles. The number of carbonyl (C=O) groups is 1. The molecule has 11 heteroatoms. The number of nitrogens with zero attached hydrogens (tertiary/aromatic N) is 1. The Labute approximate surface area is 164 Å². The van der Waals surface area contributed by atoms with Crippen LogP contribution in [0.4, 0.5) is 11.4 Å². The van der Waals surface area contributed by atoms with Crippen molar-refractivity contribution in [2.24, 2.45) is 5.73 Å². The van der Waals surface area contributed by atoms with Gasteiger partial charge in [0.15, 0.2) is 9.84 Å². The van der Waals surface area contributed by atoms with Crippen molar-refractivity contribution in [2.75, 3.05) is 24.7 Å². The number of hydrogen-bond donors (Lipinski definition) is 3. The molecule has 2 rings (SSSR count). The summed E-state index contributed by atoms with van der Waals surface area (Å²) in [6.45, 7) is 0.504. The van der Waals surface area contributed by atoms with Gasteiger partial charge in [-0.25, -0.2) is 8.42 Å². The zero-order chi connectivity index (χ0) is 19.4. The van der Waals surface area contributed by atoms with Gasteiger partial charge in [0.25, 0.3) is 5.69 Å². The molecule has 0 aliphatic heterocycles. The van der Waals surface area contributed by atoms with Crippen LogP contribution in [0.2, 0.25) is 0 Å². The lowest BCUT2D eigenvalue weighted by Crippen LogP contribution is -2.55. The van der Waals surface area contributed by atoms with Crippen LogP contribution in [0.25, 0.3) is 0 Å². The van der Waals surface area contributed by atoms with E-state index in [1.165, 1.54) is 12.1 Å². The maximum absolute atomic E-state index is 12.2. The SMILES string of the molecule is CS(=O)(=O)c1ccc(NCCNC(=O)C2(N)CCCCC2)c([N+](=O)[O-])c1.Cl. The van der Waals surface area contributed by atoms with Crippen LogP contribution < -0.4 is 16.4 Å². The van der Waals surface area contributed by atoms with Gasteiger partial charge in [-0.05, 0) is 25.0 Å². The van der Waals surface area contributed by atoms with Gasteiger partial charge in [-0.3, -0.25) is 14.9 Å². The summed E-state index contributed by atoms with van der Waals surface area (Å²) >= 11 is 0. The molecule has 0 saturated heterocycles. The molecule has 0 unspecified atom stereocenters. The van der Waals surface area contributed by atoms with Gasteiger partial charge in [0.1, 0.15) is 5.69 Å². The molecular weight excluding hydrogens is 396 g/mol. The van der Waals surface area contributed by atoms with E-state index in [0.717, 1.165) is 31.6 Å². The second kappa shape index (κ2) is 9.34. The third-order valence-electron chi connectivity index (χ3n) is 4.52. The molecule has 0 spiro atoms. The molecule has 27 heavy (non-hydrogen) atoms. The van der Waals surface area contributed by atoms with E-state index in [-0.39, 0.29) is 47.7 Å². The van der Waals surface area contributed by atoms with Crippen molar-refractivity contribution in [3.05, 3.63) is 28.3 Å². The highest BCUT2D eigenvalue weighted by Gasteiger charge is 2.34. The second-order valence-electron chi connectivity index (χ2n) is 6.61. The van der Waals surface area contributed by atoms with Gasteiger partial charge in [-0.15, -0.1) is 12.4 Å². The van der Waals surface area contributed by atoms with E-state index in [1.807, 2.05) is 0 Å². The maximum Gasteiger partial charge on any atom is 0.293 e. The van der Waals surface area contributed by atoms with Crippen LogP contribution in [0.1, 0.15) is 32.1 Å². The molecule has 1 aliphatic rings. The third-order valence-corrected chi connectivity index (χ3v) is 5.63. The van der Waals surface area contributed by atoms with Crippen molar-refractivity contribution < 1.29 is 18.1 Å². The van der Waals surface area contributed by atoms with Crippen LogP contribution in [-0.2, 0) is 14.6 Å². The van der Waals surface area contributed by atoms with E-state index >= 15 is 0 Å². The number of benzene rings is 1. The predicted molar refractivity (Wildman–Crippen MR) is 105 cm³/mol. The third kappa shape index (κ3) is 6.05. The Morgan fingerprint density at radius 1 is 1.26 bits per heavy atom. The van der Waals surface area contributed by atoms with E-state index < -0.39 is 20.3 Å². The molecule has 0 radical (unpaired) electrons. The minimum atomic E-state index is -3.53. The lowest BCUT2D eigenvalue weighted by atomic mass is 9.82. The molecule has 1 aliphatic carbocycles. The standard InChI is InChI=1S/C16H24N4O5S.ClH/c1-26(24,25)12-5-6-13(14(11-12)20(22)23)18-9-10-19-15(21)16(17)7-3-2-4-8-16;/h5-6,11,18H,2-4,7-10,17H2,1H3,(H,19,21);1H. The van der Waals surface area contributed by atoms with E-state index in [4.69, 9.17) is 5.73 Å². The maximum atomic E-state index is 12.2. The summed E-state index contributed by atoms with van der Waals surface area (Å²) in [7, 11) is -3.53. The summed E-state index contributed by atoms with van der Waals surface area (Å²) in [4.78, 5) is 22.6. The minimum Gasteiger partial charge on any atom is -0.378 e. The number of sulfone groups is 1. The number of amides is 1. The van der Waals surface area contributed by atoms with Gasteiger partial charge in [0, 0.05) is 25.4 Å². The van der Waals surface area contributed by atoms with Crippen LogP contribution in [0.3, 0.4) is 0 Å². The fourth-order valence-electron chi connectivity index (χ4n) is 3.00. The van der Waals surface area contributed by atoms with Crippen molar-refractivity contribution in [1.29, 1.82) is 0 Å². The Balaban J connectivity index is 0.00000364. The topological polar surface area (TPSA) is 144 Å². The number of nitrogens with two attached hydrogens (primary N) is 1. The van der Waals surface area contributed by atoms with E-state index in [9.17, 15) is 23.3 Å². The molecule has 0 atom stereocenters. The van der Waals surface area contributed by atoms with Crippen molar-refractivity contribution >= 4 is 39.5 Å². The average molecular weight is 421 g/mol. The Kier molecular flexibility index (Phi) is 8.00. The van der Waals surface area contributed by atoms with Crippen molar-refractivity contribution in [3.8, 4) is 0 Å². The summed E-state index contributed by atoms with van der Waals surface area (Å²) in [5, 5.41) is 16.8. The lowest BCUT2D eigenvalue weighted by molar-refractivity contribution is -0.384. The van der Waals surface area contributed by atoms with E-state index in [2.05, 4.69) is 10.6 Å². The van der Waals surface area contributed by atoms with Gasteiger partial charge in [0.05, 0.1) is 15.4 Å². The molecule has 1 aromatic carbocycles. The highest BCUT2D eigenvalue weighted by Crippen LogP contribution is 2.28. The highest BCUT2D eigenvalue weighted by atomic mass is 35.5. The average Bonchev–Trinajstić information content (AvgIpc) is 2.58. The first-order chi connectivity index (χ1) is 12.1. The molecule has 1 aromatic rings. The van der Waals surface area contributed by atoms with Crippen LogP contribution >= 0.6 is 12.4 Å². The summed E-state index contributed by atoms with van der Waals surface area (Å²) in [5.74, 6) is -0.207. The first-order valence-corrected chi connectivity index (χ1v) is 10.3. The normalized spacial score (nSPS) is 16.1. The number of halogens is 1. The van der Waals surface area contributed by atoms with Crippen molar-refractivity contribution in [1.82, 2.24) is 5.32 Å². The smallest absolute Gasteiger partial charge is 0.293 e. The first-order valence-electron chi connectivity index (χ1n) is 8.43. The Morgan fingerprint density at radius 3 is 2.44 bits per heavy atom. The molecule has 9 nitrogen and oxygen atoms in total. The zero-order valence-electron chi connectivity index (χ0n) is 15.1. The summed E-state index contributed by atoms with van der Waals surface area (Å²) < 4.78 is 23.1. The molecule has 1 fully saturated rings. The molecule has 0 aromatic heterocycles. The zero-order valence-corrected chi connectivity index (χ0v) is 16.7. The minimum absolute atomic E-state index is 0. The van der Waals surface area contributed by atoms with Gasteiger partial charge in [0.2, 0.25) is 5.91 Å². The first kappa shape index (κ1) is 23.1. The van der Waals surface area contributed by atoms with Crippen molar-refractivity contribution in [3.63, 3.8) is 0 Å². The molecule has 152 valence electrons. The molecule has 4 N–H and O–H groups in total. The Hall–Kier alpha value is -1.91. The Bertz CT molecular complexity index is 794. The van der Waals surface area contributed by atoms with Crippen LogP contribution in [-0.4, -0.2) is 44.1 Å². The van der Waals surface area contributed by atoms with E-state index in [1.54, 1.807) is 0 Å². The van der Waals surface area contributed by atoms with Crippen molar-refractivity contribution in [2.45, 2.75) is 42.5 Å². The number of anilines is 1. The molecule has 0 bridgehead atoms. The van der Waals surface area contributed by atoms with Crippen LogP contribution in [0, 0.1) is 10.1 Å². The predicted octanol–water partition coefficient (Wildman–Crippen LogP) is 1.61. The molecule has 1 amide bonds. The van der Waals surface area contributed by atoms with Gasteiger partial charge >= 0.3 is 0 Å². The Morgan fingerprint density at radius 2 is 1.89 bits per heavy atom. The van der Waals surface area contributed by atoms with Gasteiger partial charge in [-0.2, -0.15) is 0 Å². The fourth-order valence-corrected chi connectivity index (χ4v) is 3.64. The number of rotatable bonds is 7. The number of hydrogen-bond acceptors (Lipinski definition) is 7. The second-order valence-corrected chi connectivity index (χ2v) is 8.62. The van der Waals surface area contributed by atoms with Crippen LogP contribution in [0.15, 0.2) is 23.1 Å².